The zero-order valence-electron chi connectivity index (χ0n) is 21.4. The van der Waals surface area contributed by atoms with E-state index in [2.05, 4.69) is 30.6 Å². The average molecular weight is 486 g/mol. The molecule has 186 valence electrons. The van der Waals surface area contributed by atoms with Gasteiger partial charge in [0.05, 0.1) is 6.04 Å². The van der Waals surface area contributed by atoms with Crippen molar-refractivity contribution in [1.29, 1.82) is 0 Å². The zero-order valence-corrected chi connectivity index (χ0v) is 22.2. The molecular weight excluding hydrogens is 446 g/mol. The number of urea groups is 1. The molecule has 1 aliphatic rings. The third-order valence-corrected chi connectivity index (χ3v) is 7.16. The lowest BCUT2D eigenvalue weighted by molar-refractivity contribution is -0.135. The topological polar surface area (TPSA) is 61.9 Å². The molecule has 0 bridgehead atoms. The molecule has 3 rings (SSSR count). The van der Waals surface area contributed by atoms with Crippen molar-refractivity contribution in [3.05, 3.63) is 51.7 Å². The highest BCUT2D eigenvalue weighted by atomic mass is 32.1. The Bertz CT molecular complexity index is 964. The van der Waals surface area contributed by atoms with Gasteiger partial charge in [0, 0.05) is 23.5 Å². The van der Waals surface area contributed by atoms with Crippen LogP contribution < -0.4 is 10.1 Å². The van der Waals surface area contributed by atoms with Gasteiger partial charge in [-0.2, -0.15) is 0 Å². The van der Waals surface area contributed by atoms with Crippen molar-refractivity contribution in [3.8, 4) is 5.75 Å². The van der Waals surface area contributed by atoms with Gasteiger partial charge in [-0.05, 0) is 69.2 Å². The fraction of sp³-hybridized carbons (Fsp3) is 0.556. The SMILES string of the molecule is CC[C@@H](C)CN(CC(=O)N1CCc2sccc2[C@@H]1COc1ccc(C)cc1)C(=O)NC(C)(C)C. The number of hydrogen-bond donors (Lipinski definition) is 1. The number of ether oxygens (including phenoxy) is 1. The molecule has 1 aromatic heterocycles. The number of thiophene rings is 1. The number of nitrogens with zero attached hydrogens (tertiary/aromatic N) is 2. The summed E-state index contributed by atoms with van der Waals surface area (Å²) in [7, 11) is 0. The number of hydrogen-bond acceptors (Lipinski definition) is 4. The average Bonchev–Trinajstić information content (AvgIpc) is 3.25. The Morgan fingerprint density at radius 1 is 1.24 bits per heavy atom. The molecule has 2 atom stereocenters. The minimum absolute atomic E-state index is 0.0401. The highest BCUT2D eigenvalue weighted by Gasteiger charge is 2.34. The van der Waals surface area contributed by atoms with Crippen LogP contribution in [0.1, 0.15) is 63.1 Å². The van der Waals surface area contributed by atoms with Crippen molar-refractivity contribution >= 4 is 23.3 Å². The van der Waals surface area contributed by atoms with Gasteiger partial charge < -0.3 is 19.9 Å². The minimum Gasteiger partial charge on any atom is -0.491 e. The third-order valence-electron chi connectivity index (χ3n) is 6.17. The Labute approximate surface area is 208 Å². The summed E-state index contributed by atoms with van der Waals surface area (Å²) >= 11 is 1.73. The van der Waals surface area contributed by atoms with Crippen molar-refractivity contribution in [3.63, 3.8) is 0 Å². The maximum Gasteiger partial charge on any atom is 0.318 e. The van der Waals surface area contributed by atoms with E-state index in [0.717, 1.165) is 24.2 Å². The molecule has 7 heteroatoms. The first-order valence-electron chi connectivity index (χ1n) is 12.2. The Morgan fingerprint density at radius 2 is 1.94 bits per heavy atom. The molecule has 1 aromatic carbocycles. The lowest BCUT2D eigenvalue weighted by Gasteiger charge is -2.37. The molecule has 34 heavy (non-hydrogen) atoms. The third kappa shape index (κ3) is 6.98. The molecule has 0 aliphatic carbocycles. The van der Waals surface area contributed by atoms with E-state index in [-0.39, 0.29) is 30.1 Å². The summed E-state index contributed by atoms with van der Waals surface area (Å²) in [5.74, 6) is 1.06. The number of fused-ring (bicyclic) bond motifs is 1. The van der Waals surface area contributed by atoms with E-state index in [1.807, 2.05) is 56.9 Å². The summed E-state index contributed by atoms with van der Waals surface area (Å²) in [6.07, 6.45) is 1.78. The normalized spacial score (nSPS) is 16.5. The standard InChI is InChI=1S/C27H39N3O3S/c1-7-19(2)16-29(26(32)28-27(4,5)6)17-25(31)30-14-12-24-22(13-15-34-24)23(30)18-33-21-10-8-20(3)9-11-21/h8-11,13,15,19,23H,7,12,14,16-18H2,1-6H3,(H,28,32)/t19-,23+/m1/s1. The van der Waals surface area contributed by atoms with Crippen LogP contribution >= 0.6 is 11.3 Å². The van der Waals surface area contributed by atoms with E-state index in [1.54, 1.807) is 16.2 Å². The lowest BCUT2D eigenvalue weighted by Crippen LogP contribution is -2.53. The summed E-state index contributed by atoms with van der Waals surface area (Å²) in [5, 5.41) is 5.11. The number of benzene rings is 1. The van der Waals surface area contributed by atoms with Crippen LogP contribution in [0, 0.1) is 12.8 Å². The van der Waals surface area contributed by atoms with Gasteiger partial charge in [-0.15, -0.1) is 11.3 Å². The summed E-state index contributed by atoms with van der Waals surface area (Å²) < 4.78 is 6.13. The lowest BCUT2D eigenvalue weighted by atomic mass is 10.00. The van der Waals surface area contributed by atoms with Crippen molar-refractivity contribution < 1.29 is 14.3 Å². The van der Waals surface area contributed by atoms with Crippen molar-refractivity contribution in [2.45, 2.75) is 66.0 Å². The van der Waals surface area contributed by atoms with Crippen LogP contribution in [0.2, 0.25) is 0 Å². The van der Waals surface area contributed by atoms with Crippen LogP contribution in [-0.2, 0) is 11.2 Å². The Hall–Kier alpha value is -2.54. The van der Waals surface area contributed by atoms with Crippen molar-refractivity contribution in [2.75, 3.05) is 26.2 Å². The summed E-state index contributed by atoms with van der Waals surface area (Å²) in [4.78, 5) is 31.5. The fourth-order valence-electron chi connectivity index (χ4n) is 4.06. The van der Waals surface area contributed by atoms with Crippen molar-refractivity contribution in [2.24, 2.45) is 5.92 Å². The maximum atomic E-state index is 13.6. The van der Waals surface area contributed by atoms with Gasteiger partial charge in [0.25, 0.3) is 0 Å². The first-order chi connectivity index (χ1) is 16.1. The molecule has 1 N–H and O–H groups in total. The molecule has 0 fully saturated rings. The van der Waals surface area contributed by atoms with Gasteiger partial charge >= 0.3 is 6.03 Å². The van der Waals surface area contributed by atoms with Crippen molar-refractivity contribution in [1.82, 2.24) is 15.1 Å². The predicted molar refractivity (Wildman–Crippen MR) is 138 cm³/mol. The van der Waals surface area contributed by atoms with Gasteiger partial charge in [-0.1, -0.05) is 38.0 Å². The van der Waals surface area contributed by atoms with E-state index < -0.39 is 0 Å². The number of nitrogens with one attached hydrogen (secondary N) is 1. The highest BCUT2D eigenvalue weighted by molar-refractivity contribution is 7.10. The van der Waals surface area contributed by atoms with E-state index in [4.69, 9.17) is 4.74 Å². The number of carbonyl (C=O) groups excluding carboxylic acids is 2. The van der Waals surface area contributed by atoms with Crippen LogP contribution in [0.5, 0.6) is 5.75 Å². The molecule has 1 aliphatic heterocycles. The Morgan fingerprint density at radius 3 is 2.59 bits per heavy atom. The monoisotopic (exact) mass is 485 g/mol. The second kappa shape index (κ2) is 11.3. The van der Waals surface area contributed by atoms with Gasteiger partial charge in [-0.25, -0.2) is 4.79 Å². The second-order valence-corrected chi connectivity index (χ2v) is 11.4. The molecular formula is C27H39N3O3S. The molecule has 0 saturated heterocycles. The molecule has 2 heterocycles. The summed E-state index contributed by atoms with van der Waals surface area (Å²) in [6.45, 7) is 13.7. The molecule has 0 saturated carbocycles. The first-order valence-corrected chi connectivity index (χ1v) is 13.1. The van der Waals surface area contributed by atoms with Gasteiger partial charge in [0.1, 0.15) is 18.9 Å². The summed E-state index contributed by atoms with van der Waals surface area (Å²) in [6, 6.07) is 9.71. The molecule has 0 radical (unpaired) electrons. The van der Waals surface area contributed by atoms with Crippen LogP contribution in [0.15, 0.2) is 35.7 Å². The molecule has 6 nitrogen and oxygen atoms in total. The number of amides is 3. The number of carbonyl (C=O) groups is 2. The van der Waals surface area contributed by atoms with Crippen LogP contribution in [0.3, 0.4) is 0 Å². The van der Waals surface area contributed by atoms with E-state index in [0.29, 0.717) is 25.6 Å². The number of rotatable bonds is 8. The Kier molecular flexibility index (Phi) is 8.63. The minimum atomic E-state index is -0.366. The Balaban J connectivity index is 1.77. The van der Waals surface area contributed by atoms with Gasteiger partial charge in [0.15, 0.2) is 0 Å². The predicted octanol–water partition coefficient (Wildman–Crippen LogP) is 5.42. The quantitative estimate of drug-likeness (QED) is 0.543. The molecule has 2 aromatic rings. The first kappa shape index (κ1) is 26.1. The molecule has 0 spiro atoms. The number of aryl methyl sites for hydroxylation is 1. The van der Waals surface area contributed by atoms with Crippen LogP contribution in [0.25, 0.3) is 0 Å². The molecule has 3 amide bonds. The van der Waals surface area contributed by atoms with Crippen LogP contribution in [0.4, 0.5) is 4.79 Å². The zero-order chi connectivity index (χ0) is 24.9. The molecule has 0 unspecified atom stereocenters. The van der Waals surface area contributed by atoms with E-state index in [9.17, 15) is 9.59 Å². The van der Waals surface area contributed by atoms with E-state index in [1.165, 1.54) is 10.4 Å². The highest BCUT2D eigenvalue weighted by Crippen LogP contribution is 2.34. The van der Waals surface area contributed by atoms with Gasteiger partial charge in [-0.3, -0.25) is 4.79 Å². The summed E-state index contributed by atoms with van der Waals surface area (Å²) in [5.41, 5.74) is 1.97. The largest absolute Gasteiger partial charge is 0.491 e. The van der Waals surface area contributed by atoms with Gasteiger partial charge in [0.2, 0.25) is 5.91 Å². The smallest absolute Gasteiger partial charge is 0.318 e. The maximum absolute atomic E-state index is 13.6. The fourth-order valence-corrected chi connectivity index (χ4v) is 4.99. The second-order valence-electron chi connectivity index (χ2n) is 10.4. The van der Waals surface area contributed by atoms with E-state index >= 15 is 0 Å². The van der Waals surface area contributed by atoms with Crippen LogP contribution in [-0.4, -0.2) is 53.5 Å².